The second-order valence-corrected chi connectivity index (χ2v) is 7.08. The predicted octanol–water partition coefficient (Wildman–Crippen LogP) is 4.22. The molecule has 6 nitrogen and oxygen atoms in total. The maximum atomic E-state index is 12.8. The first kappa shape index (κ1) is 15.4. The van der Waals surface area contributed by atoms with Gasteiger partial charge in [-0.3, -0.25) is 4.79 Å². The van der Waals surface area contributed by atoms with Gasteiger partial charge < -0.3 is 24.8 Å². The molecule has 0 bridgehead atoms. The lowest BCUT2D eigenvalue weighted by molar-refractivity contribution is 0.0967. The van der Waals surface area contributed by atoms with E-state index in [9.17, 15) is 4.79 Å². The molecule has 1 aliphatic rings. The lowest BCUT2D eigenvalue weighted by atomic mass is 9.97. The summed E-state index contributed by atoms with van der Waals surface area (Å²) in [6.07, 6.45) is 0. The van der Waals surface area contributed by atoms with E-state index in [0.717, 1.165) is 54.7 Å². The van der Waals surface area contributed by atoms with Gasteiger partial charge in [-0.2, -0.15) is 0 Å². The van der Waals surface area contributed by atoms with Crippen LogP contribution in [0, 0.1) is 0 Å². The number of carbonyl (C=O) groups is 1. The topological polar surface area (TPSA) is 79.1 Å². The van der Waals surface area contributed by atoms with Crippen LogP contribution in [0.1, 0.15) is 15.9 Å². The van der Waals surface area contributed by atoms with Gasteiger partial charge in [-0.15, -0.1) is 0 Å². The number of ether oxygens (including phenoxy) is 2. The molecule has 0 aliphatic carbocycles. The van der Waals surface area contributed by atoms with E-state index in [1.807, 2.05) is 24.3 Å². The molecule has 0 fully saturated rings. The summed E-state index contributed by atoms with van der Waals surface area (Å²) in [7, 11) is 3.24. The zero-order chi connectivity index (χ0) is 19.0. The van der Waals surface area contributed by atoms with Crippen molar-refractivity contribution < 1.29 is 14.3 Å². The number of para-hydroxylation sites is 1. The molecule has 0 saturated heterocycles. The van der Waals surface area contributed by atoms with Crippen molar-refractivity contribution in [3.05, 3.63) is 47.5 Å². The first-order valence-corrected chi connectivity index (χ1v) is 9.12. The number of carbonyl (C=O) groups excluding carboxylic acids is 1. The third kappa shape index (κ3) is 1.74. The molecule has 3 N–H and O–H groups in total. The predicted molar refractivity (Wildman–Crippen MR) is 109 cm³/mol. The van der Waals surface area contributed by atoms with Gasteiger partial charge in [0.25, 0.3) is 5.91 Å². The number of aromatic amines is 2. The molecule has 138 valence electrons. The number of aromatic nitrogens is 2. The number of rotatable bonds is 2. The summed E-state index contributed by atoms with van der Waals surface area (Å²) in [6, 6.07) is 12.1. The summed E-state index contributed by atoms with van der Waals surface area (Å²) in [5.74, 6) is 1.25. The Bertz CT molecular complexity index is 1460. The molecule has 6 rings (SSSR count). The van der Waals surface area contributed by atoms with Crippen LogP contribution in [0.3, 0.4) is 0 Å². The van der Waals surface area contributed by atoms with Gasteiger partial charge in [-0.1, -0.05) is 18.2 Å². The number of hydrogen-bond donors (Lipinski definition) is 3. The number of hydrogen-bond acceptors (Lipinski definition) is 3. The quantitative estimate of drug-likeness (QED) is 0.435. The zero-order valence-corrected chi connectivity index (χ0v) is 15.4. The number of nitrogens with one attached hydrogen (secondary N) is 3. The van der Waals surface area contributed by atoms with Crippen LogP contribution in [-0.2, 0) is 6.54 Å². The number of methoxy groups -OCH3 is 2. The highest BCUT2D eigenvalue weighted by Gasteiger charge is 2.29. The average Bonchev–Trinajstić information content (AvgIpc) is 3.39. The maximum Gasteiger partial charge on any atom is 0.252 e. The van der Waals surface area contributed by atoms with Crippen molar-refractivity contribution in [3.8, 4) is 11.5 Å². The minimum absolute atomic E-state index is 0.0390. The number of benzene rings is 3. The Morgan fingerprint density at radius 1 is 0.857 bits per heavy atom. The third-order valence-corrected chi connectivity index (χ3v) is 5.77. The normalized spacial score (nSPS) is 13.6. The largest absolute Gasteiger partial charge is 0.493 e. The van der Waals surface area contributed by atoms with Gasteiger partial charge in [-0.05, 0) is 17.7 Å². The van der Waals surface area contributed by atoms with Crippen LogP contribution < -0.4 is 14.8 Å². The molecule has 0 radical (unpaired) electrons. The van der Waals surface area contributed by atoms with Gasteiger partial charge in [0.2, 0.25) is 0 Å². The summed E-state index contributed by atoms with van der Waals surface area (Å²) >= 11 is 0. The molecular weight excluding hydrogens is 354 g/mol. The highest BCUT2D eigenvalue weighted by molar-refractivity contribution is 6.30. The highest BCUT2D eigenvalue weighted by Crippen LogP contribution is 2.44. The highest BCUT2D eigenvalue weighted by atomic mass is 16.5. The first-order chi connectivity index (χ1) is 13.7. The fraction of sp³-hybridized carbons (Fsp3) is 0.136. The van der Waals surface area contributed by atoms with E-state index in [1.54, 1.807) is 14.2 Å². The van der Waals surface area contributed by atoms with E-state index in [4.69, 9.17) is 9.47 Å². The molecular formula is C22H17N3O3. The molecule has 3 aromatic carbocycles. The summed E-state index contributed by atoms with van der Waals surface area (Å²) in [5.41, 5.74) is 5.68. The van der Waals surface area contributed by atoms with E-state index in [-0.39, 0.29) is 5.91 Å². The Hall–Kier alpha value is -3.67. The molecule has 0 spiro atoms. The van der Waals surface area contributed by atoms with Gasteiger partial charge in [-0.25, -0.2) is 0 Å². The first-order valence-electron chi connectivity index (χ1n) is 9.12. The molecule has 1 amide bonds. The van der Waals surface area contributed by atoms with Crippen molar-refractivity contribution in [2.45, 2.75) is 6.54 Å². The Morgan fingerprint density at radius 2 is 1.57 bits per heavy atom. The van der Waals surface area contributed by atoms with Crippen LogP contribution in [0.15, 0.2) is 36.4 Å². The van der Waals surface area contributed by atoms with Gasteiger partial charge >= 0.3 is 0 Å². The Balaban J connectivity index is 1.90. The molecule has 1 aliphatic heterocycles. The number of amides is 1. The van der Waals surface area contributed by atoms with Crippen molar-refractivity contribution >= 4 is 49.5 Å². The van der Waals surface area contributed by atoms with Crippen molar-refractivity contribution in [1.29, 1.82) is 0 Å². The Labute approximate surface area is 159 Å². The molecule has 3 heterocycles. The minimum atomic E-state index is -0.0390. The van der Waals surface area contributed by atoms with Gasteiger partial charge in [0, 0.05) is 39.7 Å². The van der Waals surface area contributed by atoms with Gasteiger partial charge in [0.05, 0.1) is 36.3 Å². The summed E-state index contributed by atoms with van der Waals surface area (Å²) in [5, 5.41) is 7.09. The van der Waals surface area contributed by atoms with E-state index in [0.29, 0.717) is 18.0 Å². The van der Waals surface area contributed by atoms with Crippen LogP contribution in [0.5, 0.6) is 11.5 Å². The summed E-state index contributed by atoms with van der Waals surface area (Å²) in [4.78, 5) is 19.9. The lowest BCUT2D eigenvalue weighted by Crippen LogP contribution is -2.12. The number of fused-ring (bicyclic) bond motifs is 10. The smallest absolute Gasteiger partial charge is 0.252 e. The third-order valence-electron chi connectivity index (χ3n) is 5.77. The Kier molecular flexibility index (Phi) is 2.86. The van der Waals surface area contributed by atoms with Crippen molar-refractivity contribution in [2.24, 2.45) is 0 Å². The SMILES string of the molecule is COc1cc2[nH]c3c4[nH]c5ccccc5c4c4c(c3c2cc1OC)C(=O)NC4. The Morgan fingerprint density at radius 3 is 2.39 bits per heavy atom. The van der Waals surface area contributed by atoms with Crippen LogP contribution >= 0.6 is 0 Å². The van der Waals surface area contributed by atoms with Crippen molar-refractivity contribution in [2.75, 3.05) is 14.2 Å². The van der Waals surface area contributed by atoms with E-state index >= 15 is 0 Å². The lowest BCUT2D eigenvalue weighted by Gasteiger charge is -2.07. The molecule has 0 atom stereocenters. The van der Waals surface area contributed by atoms with Gasteiger partial charge in [0.1, 0.15) is 0 Å². The summed E-state index contributed by atoms with van der Waals surface area (Å²) < 4.78 is 11.0. The fourth-order valence-electron chi connectivity index (χ4n) is 4.57. The molecule has 6 heteroatoms. The number of H-pyrrole nitrogens is 2. The zero-order valence-electron chi connectivity index (χ0n) is 15.4. The molecule has 2 aromatic heterocycles. The molecule has 5 aromatic rings. The minimum Gasteiger partial charge on any atom is -0.493 e. The summed E-state index contributed by atoms with van der Waals surface area (Å²) in [6.45, 7) is 0.530. The van der Waals surface area contributed by atoms with E-state index in [1.165, 1.54) is 0 Å². The van der Waals surface area contributed by atoms with Gasteiger partial charge in [0.15, 0.2) is 11.5 Å². The molecule has 28 heavy (non-hydrogen) atoms. The monoisotopic (exact) mass is 371 g/mol. The second-order valence-electron chi connectivity index (χ2n) is 7.08. The van der Waals surface area contributed by atoms with Crippen LogP contribution in [-0.4, -0.2) is 30.1 Å². The van der Waals surface area contributed by atoms with Crippen molar-refractivity contribution in [3.63, 3.8) is 0 Å². The molecule has 0 unspecified atom stereocenters. The van der Waals surface area contributed by atoms with Crippen molar-refractivity contribution in [1.82, 2.24) is 15.3 Å². The average molecular weight is 371 g/mol. The molecule has 0 saturated carbocycles. The maximum absolute atomic E-state index is 12.8. The van der Waals surface area contributed by atoms with Crippen LogP contribution in [0.25, 0.3) is 43.6 Å². The van der Waals surface area contributed by atoms with E-state index < -0.39 is 0 Å². The van der Waals surface area contributed by atoms with Crippen LogP contribution in [0.4, 0.5) is 0 Å². The standard InChI is InChI=1S/C22H17N3O3/c1-27-15-7-11-14(8-16(15)28-2)25-21-18(11)19-12(9-23-22(19)26)17-10-5-3-4-6-13(10)24-20(17)21/h3-8,24-25H,9H2,1-2H3,(H,23,26). The van der Waals surface area contributed by atoms with E-state index in [2.05, 4.69) is 27.4 Å². The fourth-order valence-corrected chi connectivity index (χ4v) is 4.57. The second kappa shape index (κ2) is 5.19. The van der Waals surface area contributed by atoms with Crippen LogP contribution in [0.2, 0.25) is 0 Å².